The highest BCUT2D eigenvalue weighted by Gasteiger charge is 2.38. The smallest absolute Gasteiger partial charge is 0.305 e. The fraction of sp³-hybridized carbons (Fsp3) is 0.800. The van der Waals surface area contributed by atoms with Crippen LogP contribution >= 0.6 is 0 Å². The van der Waals surface area contributed by atoms with Gasteiger partial charge in [-0.05, 0) is 0 Å². The van der Waals surface area contributed by atoms with E-state index in [1.54, 1.807) is 0 Å². The van der Waals surface area contributed by atoms with Crippen molar-refractivity contribution >= 4 is 22.0 Å². The Morgan fingerprint density at radius 3 is 2.26 bits per heavy atom. The molecule has 0 aromatic carbocycles. The van der Waals surface area contributed by atoms with Crippen LogP contribution < -0.4 is 5.32 Å². The number of hydrogen-bond acceptors (Lipinski definition) is 6. The SMILES string of the molecule is CC(C)(CO)[C@H](OS(C)(=O)=O)C(=O)NCCC(=O)O. The number of aliphatic hydroxyl groups is 1. The molecule has 0 fully saturated rings. The summed E-state index contributed by atoms with van der Waals surface area (Å²) in [6.45, 7) is 2.29. The summed E-state index contributed by atoms with van der Waals surface area (Å²) in [5.74, 6) is -1.88. The number of hydrogen-bond donors (Lipinski definition) is 3. The summed E-state index contributed by atoms with van der Waals surface area (Å²) in [6.07, 6.45) is -0.934. The second kappa shape index (κ2) is 6.83. The lowest BCUT2D eigenvalue weighted by molar-refractivity contribution is -0.137. The van der Waals surface area contributed by atoms with Gasteiger partial charge in [-0.15, -0.1) is 0 Å². The molecule has 0 rings (SSSR count). The van der Waals surface area contributed by atoms with Crippen LogP contribution in [0, 0.1) is 5.41 Å². The molecule has 1 amide bonds. The Labute approximate surface area is 111 Å². The first-order valence-corrected chi connectivity index (χ1v) is 7.30. The molecule has 0 aliphatic heterocycles. The minimum atomic E-state index is -3.89. The van der Waals surface area contributed by atoms with Crippen LogP contribution in [0.1, 0.15) is 20.3 Å². The van der Waals surface area contributed by atoms with Crippen molar-refractivity contribution in [3.8, 4) is 0 Å². The lowest BCUT2D eigenvalue weighted by atomic mass is 9.87. The third-order valence-corrected chi connectivity index (χ3v) is 2.81. The zero-order chi connectivity index (χ0) is 15.3. The monoisotopic (exact) mass is 297 g/mol. The largest absolute Gasteiger partial charge is 0.481 e. The Bertz CT molecular complexity index is 429. The maximum absolute atomic E-state index is 11.8. The molecule has 0 unspecified atom stereocenters. The van der Waals surface area contributed by atoms with Gasteiger partial charge in [0.15, 0.2) is 6.10 Å². The average Bonchev–Trinajstić information content (AvgIpc) is 2.23. The molecule has 0 bridgehead atoms. The number of carbonyl (C=O) groups excluding carboxylic acids is 1. The van der Waals surface area contributed by atoms with Crippen LogP contribution in [0.3, 0.4) is 0 Å². The fourth-order valence-corrected chi connectivity index (χ4v) is 1.87. The highest BCUT2D eigenvalue weighted by atomic mass is 32.2. The molecule has 1 atom stereocenters. The van der Waals surface area contributed by atoms with Crippen LogP contribution in [0.25, 0.3) is 0 Å². The molecule has 3 N–H and O–H groups in total. The highest BCUT2D eigenvalue weighted by Crippen LogP contribution is 2.24. The predicted octanol–water partition coefficient (Wildman–Crippen LogP) is -1.06. The van der Waals surface area contributed by atoms with Crippen LogP contribution in [0.15, 0.2) is 0 Å². The van der Waals surface area contributed by atoms with Crippen molar-refractivity contribution in [2.75, 3.05) is 19.4 Å². The van der Waals surface area contributed by atoms with Crippen LogP contribution in [-0.4, -0.2) is 56.0 Å². The fourth-order valence-electron chi connectivity index (χ4n) is 1.17. The van der Waals surface area contributed by atoms with Gasteiger partial charge in [0.25, 0.3) is 16.0 Å². The van der Waals surface area contributed by atoms with Crippen LogP contribution in [0.4, 0.5) is 0 Å². The molecule has 0 saturated heterocycles. The Kier molecular flexibility index (Phi) is 6.40. The average molecular weight is 297 g/mol. The first kappa shape index (κ1) is 17.8. The van der Waals surface area contributed by atoms with Crippen LogP contribution in [-0.2, 0) is 23.9 Å². The van der Waals surface area contributed by atoms with Gasteiger partial charge in [0.05, 0.1) is 19.3 Å². The second-order valence-corrected chi connectivity index (χ2v) is 6.36. The lowest BCUT2D eigenvalue weighted by Crippen LogP contribution is -2.48. The van der Waals surface area contributed by atoms with Gasteiger partial charge >= 0.3 is 5.97 Å². The Hall–Kier alpha value is -1.19. The van der Waals surface area contributed by atoms with E-state index in [9.17, 15) is 23.1 Å². The number of carbonyl (C=O) groups is 2. The number of amides is 1. The minimum Gasteiger partial charge on any atom is -0.481 e. The van der Waals surface area contributed by atoms with E-state index in [2.05, 4.69) is 9.50 Å². The summed E-state index contributed by atoms with van der Waals surface area (Å²) >= 11 is 0. The van der Waals surface area contributed by atoms with Gasteiger partial charge < -0.3 is 15.5 Å². The molecule has 19 heavy (non-hydrogen) atoms. The summed E-state index contributed by atoms with van der Waals surface area (Å²) in [4.78, 5) is 22.1. The van der Waals surface area contributed by atoms with E-state index in [-0.39, 0.29) is 13.0 Å². The van der Waals surface area contributed by atoms with Crippen LogP contribution in [0.5, 0.6) is 0 Å². The Balaban J connectivity index is 4.84. The number of rotatable bonds is 8. The molecule has 8 nitrogen and oxygen atoms in total. The summed E-state index contributed by atoms with van der Waals surface area (Å²) < 4.78 is 26.9. The maximum Gasteiger partial charge on any atom is 0.305 e. The Morgan fingerprint density at radius 2 is 1.89 bits per heavy atom. The van der Waals surface area contributed by atoms with Gasteiger partial charge in [0.2, 0.25) is 0 Å². The van der Waals surface area contributed by atoms with E-state index in [1.807, 2.05) is 0 Å². The Morgan fingerprint density at radius 1 is 1.37 bits per heavy atom. The van der Waals surface area contributed by atoms with Crippen molar-refractivity contribution in [3.05, 3.63) is 0 Å². The molecule has 0 spiro atoms. The van der Waals surface area contributed by atoms with Gasteiger partial charge in [-0.1, -0.05) is 13.8 Å². The first-order chi connectivity index (χ1) is 8.49. The highest BCUT2D eigenvalue weighted by molar-refractivity contribution is 7.86. The van der Waals surface area contributed by atoms with E-state index in [0.717, 1.165) is 6.26 Å². The normalized spacial score (nSPS) is 13.9. The van der Waals surface area contributed by atoms with E-state index in [1.165, 1.54) is 13.8 Å². The quantitative estimate of drug-likeness (QED) is 0.487. The number of nitrogens with one attached hydrogen (secondary N) is 1. The zero-order valence-electron chi connectivity index (χ0n) is 11.0. The second-order valence-electron chi connectivity index (χ2n) is 4.76. The van der Waals surface area contributed by atoms with Crippen molar-refractivity contribution < 1.29 is 32.4 Å². The topological polar surface area (TPSA) is 130 Å². The molecule has 0 heterocycles. The van der Waals surface area contributed by atoms with Gasteiger partial charge in [0, 0.05) is 12.0 Å². The minimum absolute atomic E-state index is 0.153. The predicted molar refractivity (Wildman–Crippen MR) is 65.8 cm³/mol. The van der Waals surface area contributed by atoms with Crippen molar-refractivity contribution in [2.24, 2.45) is 5.41 Å². The lowest BCUT2D eigenvalue weighted by Gasteiger charge is -2.30. The molecule has 9 heteroatoms. The van der Waals surface area contributed by atoms with Crippen molar-refractivity contribution in [3.63, 3.8) is 0 Å². The number of aliphatic hydroxyl groups excluding tert-OH is 1. The molecule has 0 radical (unpaired) electrons. The standard InChI is InChI=1S/C10H19NO7S/c1-10(2,6-12)8(18-19(3,16)17)9(15)11-5-4-7(13)14/h8,12H,4-6H2,1-3H3,(H,11,15)(H,13,14)/t8-/m1/s1. The van der Waals surface area contributed by atoms with E-state index >= 15 is 0 Å². The molecule has 0 aromatic rings. The summed E-state index contributed by atoms with van der Waals surface area (Å²) in [5, 5.41) is 19.9. The molecule has 0 saturated carbocycles. The number of carboxylic acid groups (broad SMARTS) is 1. The molecule has 0 aliphatic rings. The van der Waals surface area contributed by atoms with Crippen LogP contribution in [0.2, 0.25) is 0 Å². The van der Waals surface area contributed by atoms with Gasteiger partial charge in [-0.3, -0.25) is 13.8 Å². The molecular formula is C10H19NO7S. The van der Waals surface area contributed by atoms with Crippen molar-refractivity contribution in [1.29, 1.82) is 0 Å². The molecule has 0 aliphatic carbocycles. The summed E-state index contributed by atoms with van der Waals surface area (Å²) in [6, 6.07) is 0. The van der Waals surface area contributed by atoms with Gasteiger partial charge in [0.1, 0.15) is 0 Å². The van der Waals surface area contributed by atoms with Gasteiger partial charge in [-0.2, -0.15) is 8.42 Å². The van der Waals surface area contributed by atoms with E-state index < -0.39 is 40.1 Å². The zero-order valence-corrected chi connectivity index (χ0v) is 11.9. The van der Waals surface area contributed by atoms with Crippen molar-refractivity contribution in [1.82, 2.24) is 5.32 Å². The molecule has 0 aromatic heterocycles. The maximum atomic E-state index is 11.8. The van der Waals surface area contributed by atoms with Gasteiger partial charge in [-0.25, -0.2) is 0 Å². The summed E-state index contributed by atoms with van der Waals surface area (Å²) in [5.41, 5.74) is -1.13. The number of aliphatic carboxylic acids is 1. The third-order valence-electron chi connectivity index (χ3n) is 2.26. The molecular weight excluding hydrogens is 278 g/mol. The van der Waals surface area contributed by atoms with E-state index in [4.69, 9.17) is 5.11 Å². The summed E-state index contributed by atoms with van der Waals surface area (Å²) in [7, 11) is -3.89. The number of carboxylic acids is 1. The third kappa shape index (κ3) is 7.09. The van der Waals surface area contributed by atoms with E-state index in [0.29, 0.717) is 0 Å². The molecule has 112 valence electrons. The first-order valence-electron chi connectivity index (χ1n) is 5.48. The van der Waals surface area contributed by atoms with Crippen molar-refractivity contribution in [2.45, 2.75) is 26.4 Å².